The smallest absolute Gasteiger partial charge is 0.326 e. The van der Waals surface area contributed by atoms with Gasteiger partial charge in [-0.05, 0) is 42.2 Å². The molecule has 2 N–H and O–H groups in total. The fourth-order valence-electron chi connectivity index (χ4n) is 3.74. The van der Waals surface area contributed by atoms with Crippen LogP contribution in [0.3, 0.4) is 0 Å². The molecule has 21 heavy (non-hydrogen) atoms. The van der Waals surface area contributed by atoms with Crippen LogP contribution in [-0.4, -0.2) is 23.0 Å². The van der Waals surface area contributed by atoms with Crippen LogP contribution in [0.15, 0.2) is 24.3 Å². The number of hydrogen-bond acceptors (Lipinski definition) is 2. The van der Waals surface area contributed by atoms with Crippen molar-refractivity contribution in [1.82, 2.24) is 5.32 Å². The molecule has 0 aliphatic heterocycles. The molecule has 4 atom stereocenters. The van der Waals surface area contributed by atoms with Crippen LogP contribution >= 0.6 is 0 Å². The zero-order valence-electron chi connectivity index (χ0n) is 12.2. The second-order valence-electron chi connectivity index (χ2n) is 6.14. The molecule has 1 fully saturated rings. The van der Waals surface area contributed by atoms with Crippen LogP contribution in [0, 0.1) is 11.8 Å². The van der Waals surface area contributed by atoms with E-state index in [9.17, 15) is 9.59 Å². The predicted molar refractivity (Wildman–Crippen MR) is 79.0 cm³/mol. The zero-order chi connectivity index (χ0) is 15.0. The molecule has 0 saturated heterocycles. The van der Waals surface area contributed by atoms with Gasteiger partial charge in [0.1, 0.15) is 6.04 Å². The van der Waals surface area contributed by atoms with Gasteiger partial charge in [-0.1, -0.05) is 37.6 Å². The summed E-state index contributed by atoms with van der Waals surface area (Å²) in [6.45, 7) is 1.93. The van der Waals surface area contributed by atoms with Crippen LogP contribution in [0.4, 0.5) is 0 Å². The number of rotatable bonds is 5. The lowest BCUT2D eigenvalue weighted by Gasteiger charge is -2.14. The Labute approximate surface area is 124 Å². The number of carbonyl (C=O) groups excluding carboxylic acids is 1. The lowest BCUT2D eigenvalue weighted by Crippen LogP contribution is -2.41. The largest absolute Gasteiger partial charge is 0.480 e. The summed E-state index contributed by atoms with van der Waals surface area (Å²) in [7, 11) is 0. The molecule has 0 radical (unpaired) electrons. The maximum absolute atomic E-state index is 12.4. The lowest BCUT2D eigenvalue weighted by atomic mass is 9.92. The molecule has 4 nitrogen and oxygen atoms in total. The predicted octanol–water partition coefficient (Wildman–Crippen LogP) is 2.33. The molecule has 3 rings (SSSR count). The van der Waals surface area contributed by atoms with Gasteiger partial charge in [0, 0.05) is 5.92 Å². The monoisotopic (exact) mass is 287 g/mol. The van der Waals surface area contributed by atoms with Gasteiger partial charge < -0.3 is 10.4 Å². The number of carbonyl (C=O) groups is 2. The zero-order valence-corrected chi connectivity index (χ0v) is 12.2. The SMILES string of the molecule is CCC[C@H](NC(=O)C1C2CCc3ccccc3C21)C(=O)O. The van der Waals surface area contributed by atoms with E-state index in [1.807, 2.05) is 19.1 Å². The number of hydrogen-bond donors (Lipinski definition) is 2. The number of carboxylic acid groups (broad SMARTS) is 1. The minimum atomic E-state index is -0.936. The highest BCUT2D eigenvalue weighted by Gasteiger charge is 2.57. The number of nitrogens with one attached hydrogen (secondary N) is 1. The van der Waals surface area contributed by atoms with E-state index in [1.165, 1.54) is 11.1 Å². The van der Waals surface area contributed by atoms with Crippen molar-refractivity contribution in [2.45, 2.75) is 44.6 Å². The molecule has 4 heteroatoms. The van der Waals surface area contributed by atoms with Crippen molar-refractivity contribution in [3.05, 3.63) is 35.4 Å². The first-order chi connectivity index (χ1) is 10.1. The van der Waals surface area contributed by atoms with E-state index >= 15 is 0 Å². The minimum Gasteiger partial charge on any atom is -0.480 e. The molecule has 0 aromatic heterocycles. The van der Waals surface area contributed by atoms with Crippen LogP contribution in [0.25, 0.3) is 0 Å². The first-order valence-corrected chi connectivity index (χ1v) is 7.74. The Balaban J connectivity index is 1.70. The number of benzene rings is 1. The van der Waals surface area contributed by atoms with E-state index in [2.05, 4.69) is 17.4 Å². The maximum atomic E-state index is 12.4. The van der Waals surface area contributed by atoms with Crippen molar-refractivity contribution in [2.24, 2.45) is 11.8 Å². The van der Waals surface area contributed by atoms with Crippen LogP contribution in [0.1, 0.15) is 43.2 Å². The van der Waals surface area contributed by atoms with Crippen molar-refractivity contribution in [3.63, 3.8) is 0 Å². The molecule has 0 bridgehead atoms. The van der Waals surface area contributed by atoms with E-state index < -0.39 is 12.0 Å². The van der Waals surface area contributed by atoms with Gasteiger partial charge in [0.2, 0.25) is 5.91 Å². The highest BCUT2D eigenvalue weighted by atomic mass is 16.4. The van der Waals surface area contributed by atoms with Crippen LogP contribution in [-0.2, 0) is 16.0 Å². The number of fused-ring (bicyclic) bond motifs is 3. The van der Waals surface area contributed by atoms with E-state index in [0.717, 1.165) is 19.3 Å². The van der Waals surface area contributed by atoms with Crippen LogP contribution in [0.5, 0.6) is 0 Å². The Bertz CT molecular complexity index is 569. The summed E-state index contributed by atoms with van der Waals surface area (Å²) in [6, 6.07) is 7.56. The summed E-state index contributed by atoms with van der Waals surface area (Å²) in [4.78, 5) is 23.6. The van der Waals surface area contributed by atoms with E-state index in [4.69, 9.17) is 5.11 Å². The summed E-state index contributed by atoms with van der Waals surface area (Å²) in [5, 5.41) is 11.9. The van der Waals surface area contributed by atoms with Crippen molar-refractivity contribution >= 4 is 11.9 Å². The first kappa shape index (κ1) is 14.1. The van der Waals surface area contributed by atoms with Gasteiger partial charge in [0.25, 0.3) is 0 Å². The normalized spacial score (nSPS) is 27.2. The van der Waals surface area contributed by atoms with Gasteiger partial charge in [-0.3, -0.25) is 4.79 Å². The van der Waals surface area contributed by atoms with E-state index in [1.54, 1.807) is 0 Å². The summed E-state index contributed by atoms with van der Waals surface area (Å²) >= 11 is 0. The van der Waals surface area contributed by atoms with Gasteiger partial charge in [-0.2, -0.15) is 0 Å². The van der Waals surface area contributed by atoms with Crippen molar-refractivity contribution in [3.8, 4) is 0 Å². The fraction of sp³-hybridized carbons (Fsp3) is 0.529. The van der Waals surface area contributed by atoms with Gasteiger partial charge in [0.15, 0.2) is 0 Å². The molecule has 2 aliphatic carbocycles. The number of aryl methyl sites for hydroxylation is 1. The molecule has 1 saturated carbocycles. The van der Waals surface area contributed by atoms with Gasteiger partial charge >= 0.3 is 5.97 Å². The summed E-state index contributed by atoms with van der Waals surface area (Å²) in [6.07, 6.45) is 3.29. The Kier molecular flexibility index (Phi) is 3.70. The molecular weight excluding hydrogens is 266 g/mol. The fourth-order valence-corrected chi connectivity index (χ4v) is 3.74. The lowest BCUT2D eigenvalue weighted by molar-refractivity contribution is -0.142. The highest BCUT2D eigenvalue weighted by molar-refractivity contribution is 5.88. The minimum absolute atomic E-state index is 0.0349. The highest BCUT2D eigenvalue weighted by Crippen LogP contribution is 2.59. The topological polar surface area (TPSA) is 66.4 Å². The molecule has 0 heterocycles. The molecule has 3 unspecified atom stereocenters. The molecular formula is C17H21NO3. The van der Waals surface area contributed by atoms with Gasteiger partial charge in [-0.25, -0.2) is 4.79 Å². The standard InChI is InChI=1S/C17H21NO3/c1-2-5-13(17(20)21)18-16(19)15-12-9-8-10-6-3-4-7-11(10)14(12)15/h3-4,6-7,12-15H,2,5,8-9H2,1H3,(H,18,19)(H,20,21)/t12?,13-,14?,15?/m0/s1. The Morgan fingerprint density at radius 2 is 2.14 bits per heavy atom. The summed E-state index contributed by atoms with van der Waals surface area (Å²) in [5.74, 6) is -0.355. The molecule has 112 valence electrons. The average Bonchev–Trinajstić information content (AvgIpc) is 3.21. The quantitative estimate of drug-likeness (QED) is 0.873. The third-order valence-electron chi connectivity index (χ3n) is 4.82. The number of aliphatic carboxylic acids is 1. The Hall–Kier alpha value is -1.84. The van der Waals surface area contributed by atoms with E-state index in [0.29, 0.717) is 18.3 Å². The van der Waals surface area contributed by atoms with Crippen LogP contribution in [0.2, 0.25) is 0 Å². The molecule has 2 aliphatic rings. The van der Waals surface area contributed by atoms with Crippen LogP contribution < -0.4 is 5.32 Å². The molecule has 1 amide bonds. The third-order valence-corrected chi connectivity index (χ3v) is 4.82. The molecule has 1 aromatic carbocycles. The molecule has 0 spiro atoms. The molecule has 1 aromatic rings. The van der Waals surface area contributed by atoms with Gasteiger partial charge in [0.05, 0.1) is 0 Å². The van der Waals surface area contributed by atoms with Gasteiger partial charge in [-0.15, -0.1) is 0 Å². The number of amides is 1. The summed E-state index contributed by atoms with van der Waals surface area (Å²) in [5.41, 5.74) is 2.63. The average molecular weight is 287 g/mol. The van der Waals surface area contributed by atoms with E-state index in [-0.39, 0.29) is 11.8 Å². The number of carboxylic acids is 1. The second kappa shape index (κ2) is 5.51. The van der Waals surface area contributed by atoms with Crippen molar-refractivity contribution in [1.29, 1.82) is 0 Å². The van der Waals surface area contributed by atoms with Crippen molar-refractivity contribution < 1.29 is 14.7 Å². The summed E-state index contributed by atoms with van der Waals surface area (Å²) < 4.78 is 0. The first-order valence-electron chi connectivity index (χ1n) is 7.74. The second-order valence-corrected chi connectivity index (χ2v) is 6.14. The third kappa shape index (κ3) is 2.55. The van der Waals surface area contributed by atoms with Crippen molar-refractivity contribution in [2.75, 3.05) is 0 Å². The Morgan fingerprint density at radius 3 is 2.86 bits per heavy atom. The maximum Gasteiger partial charge on any atom is 0.326 e. The Morgan fingerprint density at radius 1 is 1.38 bits per heavy atom.